The van der Waals surface area contributed by atoms with Gasteiger partial charge in [0.15, 0.2) is 0 Å². The van der Waals surface area contributed by atoms with Gasteiger partial charge in [0.2, 0.25) is 0 Å². The van der Waals surface area contributed by atoms with E-state index in [4.69, 9.17) is 4.74 Å². The second-order valence-corrected chi connectivity index (χ2v) is 5.42. The van der Waals surface area contributed by atoms with Crippen LogP contribution in [0.1, 0.15) is 26.3 Å². The average Bonchev–Trinajstić information content (AvgIpc) is 2.69. The molecular weight excluding hydrogens is 375 g/mol. The summed E-state index contributed by atoms with van der Waals surface area (Å²) < 4.78 is 47.5. The first-order valence-electron chi connectivity index (χ1n) is 8.03. The first-order chi connectivity index (χ1) is 13.3. The molecule has 0 spiro atoms. The van der Waals surface area contributed by atoms with Crippen molar-refractivity contribution in [3.05, 3.63) is 65.2 Å². The smallest absolute Gasteiger partial charge is 0.416 e. The van der Waals surface area contributed by atoms with Crippen LogP contribution in [0.2, 0.25) is 0 Å². The van der Waals surface area contributed by atoms with E-state index in [9.17, 15) is 22.8 Å². The maximum atomic E-state index is 12.6. The molecule has 1 N–H and O–H groups in total. The Labute approximate surface area is 159 Å². The van der Waals surface area contributed by atoms with Crippen LogP contribution in [0.15, 0.2) is 48.5 Å². The summed E-state index contributed by atoms with van der Waals surface area (Å²) in [6, 6.07) is 10.4. The molecule has 0 aliphatic rings. The molecule has 1 amide bonds. The molecule has 0 bridgehead atoms. The summed E-state index contributed by atoms with van der Waals surface area (Å²) in [7, 11) is 1.26. The molecule has 0 aliphatic carbocycles. The number of esters is 1. The number of carbonyl (C=O) groups is 2. The lowest BCUT2D eigenvalue weighted by molar-refractivity contribution is -0.137. The van der Waals surface area contributed by atoms with Crippen molar-refractivity contribution in [2.45, 2.75) is 6.18 Å². The molecule has 8 heteroatoms. The van der Waals surface area contributed by atoms with Gasteiger partial charge in [-0.2, -0.15) is 13.2 Å². The summed E-state index contributed by atoms with van der Waals surface area (Å²) in [6.07, 6.45) is -4.44. The molecule has 0 unspecified atom stereocenters. The molecule has 146 valence electrons. The Balaban J connectivity index is 1.79. The first kappa shape index (κ1) is 20.8. The van der Waals surface area contributed by atoms with Crippen LogP contribution in [0.4, 0.5) is 13.2 Å². The van der Waals surface area contributed by atoms with Gasteiger partial charge < -0.3 is 14.8 Å². The standard InChI is InChI=1S/C20H16F3NO4/c1-27-19(26)15-9-7-14(8-10-15)18(25)24-11-2-3-12-28-17-6-4-5-16(13-17)20(21,22)23/h4-10,13H,11-12H2,1H3,(H,24,25). The molecule has 0 radical (unpaired) electrons. The minimum absolute atomic E-state index is 0.0313. The molecule has 0 aromatic heterocycles. The predicted octanol–water partition coefficient (Wildman–Crippen LogP) is 3.30. The van der Waals surface area contributed by atoms with E-state index in [-0.39, 0.29) is 24.8 Å². The second-order valence-electron chi connectivity index (χ2n) is 5.42. The van der Waals surface area contributed by atoms with Gasteiger partial charge in [-0.1, -0.05) is 17.9 Å². The minimum Gasteiger partial charge on any atom is -0.481 e. The van der Waals surface area contributed by atoms with Crippen molar-refractivity contribution in [1.82, 2.24) is 5.32 Å². The van der Waals surface area contributed by atoms with Crippen LogP contribution in [0.3, 0.4) is 0 Å². The quantitative estimate of drug-likeness (QED) is 0.628. The van der Waals surface area contributed by atoms with Crippen LogP contribution in [-0.4, -0.2) is 32.1 Å². The Morgan fingerprint density at radius 2 is 1.71 bits per heavy atom. The number of amides is 1. The van der Waals surface area contributed by atoms with Gasteiger partial charge in [-0.25, -0.2) is 4.79 Å². The zero-order valence-corrected chi connectivity index (χ0v) is 14.8. The zero-order chi connectivity index (χ0) is 20.6. The van der Waals surface area contributed by atoms with Crippen molar-refractivity contribution in [2.24, 2.45) is 0 Å². The molecule has 0 aliphatic heterocycles. The Morgan fingerprint density at radius 1 is 1.04 bits per heavy atom. The number of hydrogen-bond acceptors (Lipinski definition) is 4. The third kappa shape index (κ3) is 6.06. The maximum absolute atomic E-state index is 12.6. The number of ether oxygens (including phenoxy) is 2. The van der Waals surface area contributed by atoms with Gasteiger partial charge in [-0.15, -0.1) is 0 Å². The summed E-state index contributed by atoms with van der Waals surface area (Å²) >= 11 is 0. The summed E-state index contributed by atoms with van der Waals surface area (Å²) in [5, 5.41) is 2.56. The first-order valence-corrected chi connectivity index (χ1v) is 8.03. The number of nitrogens with one attached hydrogen (secondary N) is 1. The molecule has 2 rings (SSSR count). The highest BCUT2D eigenvalue weighted by atomic mass is 19.4. The summed E-state index contributed by atoms with van der Waals surface area (Å²) in [5.41, 5.74) is -0.135. The highest BCUT2D eigenvalue weighted by Gasteiger charge is 2.30. The van der Waals surface area contributed by atoms with Crippen LogP contribution in [0.5, 0.6) is 5.75 Å². The fourth-order valence-corrected chi connectivity index (χ4v) is 2.10. The van der Waals surface area contributed by atoms with Crippen molar-refractivity contribution >= 4 is 11.9 Å². The van der Waals surface area contributed by atoms with Crippen molar-refractivity contribution in [2.75, 3.05) is 20.3 Å². The van der Waals surface area contributed by atoms with Crippen LogP contribution in [0.25, 0.3) is 0 Å². The lowest BCUT2D eigenvalue weighted by Gasteiger charge is -2.08. The van der Waals surface area contributed by atoms with Gasteiger partial charge in [0.1, 0.15) is 12.4 Å². The molecule has 5 nitrogen and oxygen atoms in total. The van der Waals surface area contributed by atoms with Gasteiger partial charge in [0.25, 0.3) is 5.91 Å². The molecular formula is C20H16F3NO4. The van der Waals surface area contributed by atoms with E-state index in [1.165, 1.54) is 43.5 Å². The minimum atomic E-state index is -4.44. The number of methoxy groups -OCH3 is 1. The molecule has 0 saturated heterocycles. The number of halogens is 3. The fraction of sp³-hybridized carbons (Fsp3) is 0.200. The van der Waals surface area contributed by atoms with Crippen molar-refractivity contribution in [3.8, 4) is 17.6 Å². The van der Waals surface area contributed by atoms with Crippen LogP contribution in [0, 0.1) is 11.8 Å². The monoisotopic (exact) mass is 391 g/mol. The van der Waals surface area contributed by atoms with Crippen molar-refractivity contribution in [1.29, 1.82) is 0 Å². The maximum Gasteiger partial charge on any atom is 0.416 e. The average molecular weight is 391 g/mol. The third-order valence-electron chi connectivity index (χ3n) is 3.50. The van der Waals surface area contributed by atoms with Gasteiger partial charge in [0.05, 0.1) is 24.8 Å². The fourth-order valence-electron chi connectivity index (χ4n) is 2.10. The Kier molecular flexibility index (Phi) is 7.04. The lowest BCUT2D eigenvalue weighted by atomic mass is 10.1. The van der Waals surface area contributed by atoms with E-state index >= 15 is 0 Å². The molecule has 2 aromatic rings. The van der Waals surface area contributed by atoms with Crippen LogP contribution < -0.4 is 10.1 Å². The van der Waals surface area contributed by atoms with E-state index < -0.39 is 17.7 Å². The molecule has 0 heterocycles. The number of hydrogen-bond donors (Lipinski definition) is 1. The Bertz CT molecular complexity index is 896. The predicted molar refractivity (Wildman–Crippen MR) is 94.8 cm³/mol. The van der Waals surface area contributed by atoms with Crippen LogP contribution in [-0.2, 0) is 10.9 Å². The zero-order valence-electron chi connectivity index (χ0n) is 14.8. The van der Waals surface area contributed by atoms with E-state index in [0.717, 1.165) is 12.1 Å². The molecule has 0 saturated carbocycles. The van der Waals surface area contributed by atoms with E-state index in [2.05, 4.69) is 21.9 Å². The molecule has 28 heavy (non-hydrogen) atoms. The summed E-state index contributed by atoms with van der Waals surface area (Å²) in [4.78, 5) is 23.3. The number of benzene rings is 2. The SMILES string of the molecule is COC(=O)c1ccc(C(=O)NCC#CCOc2cccc(C(F)(F)F)c2)cc1. The topological polar surface area (TPSA) is 64.6 Å². The Morgan fingerprint density at radius 3 is 2.36 bits per heavy atom. The number of carbonyl (C=O) groups excluding carboxylic acids is 2. The third-order valence-corrected chi connectivity index (χ3v) is 3.50. The van der Waals surface area contributed by atoms with E-state index in [0.29, 0.717) is 11.1 Å². The highest BCUT2D eigenvalue weighted by Crippen LogP contribution is 2.31. The largest absolute Gasteiger partial charge is 0.481 e. The molecule has 0 atom stereocenters. The Hall–Kier alpha value is -3.47. The second kappa shape index (κ2) is 9.46. The van der Waals surface area contributed by atoms with Gasteiger partial charge >= 0.3 is 12.1 Å². The lowest BCUT2D eigenvalue weighted by Crippen LogP contribution is -2.23. The number of alkyl halides is 3. The van der Waals surface area contributed by atoms with E-state index in [1.54, 1.807) is 0 Å². The number of rotatable bonds is 5. The van der Waals surface area contributed by atoms with Crippen molar-refractivity contribution < 1.29 is 32.2 Å². The van der Waals surface area contributed by atoms with Crippen molar-refractivity contribution in [3.63, 3.8) is 0 Å². The normalized spacial score (nSPS) is 10.4. The van der Waals surface area contributed by atoms with E-state index in [1.807, 2.05) is 0 Å². The molecule has 2 aromatic carbocycles. The van der Waals surface area contributed by atoms with Crippen LogP contribution >= 0.6 is 0 Å². The molecule has 0 fully saturated rings. The summed E-state index contributed by atoms with van der Waals surface area (Å²) in [5.74, 6) is 4.41. The van der Waals surface area contributed by atoms with Gasteiger partial charge in [-0.3, -0.25) is 4.79 Å². The van der Waals surface area contributed by atoms with Gasteiger partial charge in [-0.05, 0) is 42.5 Å². The highest BCUT2D eigenvalue weighted by molar-refractivity contribution is 5.96. The summed E-state index contributed by atoms with van der Waals surface area (Å²) in [6.45, 7) is -0.0887. The van der Waals surface area contributed by atoms with Gasteiger partial charge in [0, 0.05) is 5.56 Å².